The number of carbonyl (C=O) groups excluding carboxylic acids is 1. The Morgan fingerprint density at radius 2 is 2.21 bits per heavy atom. The Bertz CT molecular complexity index is 1110. The van der Waals surface area contributed by atoms with Gasteiger partial charge >= 0.3 is 0 Å². The highest BCUT2D eigenvalue weighted by Crippen LogP contribution is 2.29. The first kappa shape index (κ1) is 19.6. The zero-order chi connectivity index (χ0) is 20.5. The summed E-state index contributed by atoms with van der Waals surface area (Å²) in [6.45, 7) is 3.20. The van der Waals surface area contributed by atoms with Gasteiger partial charge in [-0.05, 0) is 31.4 Å². The van der Waals surface area contributed by atoms with Gasteiger partial charge in [0.2, 0.25) is 0 Å². The lowest BCUT2D eigenvalue weighted by Gasteiger charge is -2.25. The van der Waals surface area contributed by atoms with Crippen molar-refractivity contribution in [1.29, 1.82) is 0 Å². The normalized spacial score (nSPS) is 16.4. The summed E-state index contributed by atoms with van der Waals surface area (Å²) >= 11 is 1.24. The minimum atomic E-state index is -0.175. The van der Waals surface area contributed by atoms with Crippen molar-refractivity contribution in [2.45, 2.75) is 32.4 Å². The number of phenols is 1. The third kappa shape index (κ3) is 3.77. The Hall–Kier alpha value is -2.71. The smallest absolute Gasteiger partial charge is 0.264 e. The predicted octanol–water partition coefficient (Wildman–Crippen LogP) is 2.83. The molecule has 152 valence electrons. The number of aryl methyl sites for hydroxylation is 2. The standard InChI is InChI=1S/C21H23N3O4S/c1-13-17-19(22-12-23(2)20(17)26)29-18(13)21(27)24(11-15-7-5-9-28-15)10-14-6-3-4-8-16(14)25/h3-4,6,8,12,15,25H,5,7,9-11H2,1-2H3. The quantitative estimate of drug-likeness (QED) is 0.695. The van der Waals surface area contributed by atoms with E-state index in [4.69, 9.17) is 4.74 Å². The van der Waals surface area contributed by atoms with Crippen molar-refractivity contribution in [3.63, 3.8) is 0 Å². The first-order valence-electron chi connectivity index (χ1n) is 9.58. The predicted molar refractivity (Wildman–Crippen MR) is 111 cm³/mol. The summed E-state index contributed by atoms with van der Waals surface area (Å²) in [6.07, 6.45) is 3.33. The fraction of sp³-hybridized carbons (Fsp3) is 0.381. The second kappa shape index (κ2) is 7.96. The lowest BCUT2D eigenvalue weighted by molar-refractivity contribution is 0.0509. The van der Waals surface area contributed by atoms with E-state index in [0.717, 1.165) is 12.8 Å². The van der Waals surface area contributed by atoms with Crippen LogP contribution in [0.4, 0.5) is 0 Å². The van der Waals surface area contributed by atoms with Crippen molar-refractivity contribution in [3.05, 3.63) is 57.0 Å². The van der Waals surface area contributed by atoms with Gasteiger partial charge in [0, 0.05) is 32.3 Å². The van der Waals surface area contributed by atoms with Gasteiger partial charge in [0.1, 0.15) is 10.6 Å². The fourth-order valence-electron chi connectivity index (χ4n) is 3.66. The van der Waals surface area contributed by atoms with Crippen LogP contribution < -0.4 is 5.56 Å². The van der Waals surface area contributed by atoms with E-state index in [1.54, 1.807) is 37.1 Å². The maximum atomic E-state index is 13.5. The summed E-state index contributed by atoms with van der Waals surface area (Å²) in [5.74, 6) is -0.0208. The van der Waals surface area contributed by atoms with Gasteiger partial charge in [-0.15, -0.1) is 11.3 Å². The number of hydrogen-bond acceptors (Lipinski definition) is 6. The minimum Gasteiger partial charge on any atom is -0.508 e. The molecule has 0 bridgehead atoms. The number of ether oxygens (including phenoxy) is 1. The number of benzene rings is 1. The van der Waals surface area contributed by atoms with Crippen LogP contribution >= 0.6 is 11.3 Å². The van der Waals surface area contributed by atoms with E-state index < -0.39 is 0 Å². The zero-order valence-electron chi connectivity index (χ0n) is 16.4. The van der Waals surface area contributed by atoms with Gasteiger partial charge < -0.3 is 19.3 Å². The molecule has 1 fully saturated rings. The Balaban J connectivity index is 1.71. The van der Waals surface area contributed by atoms with Crippen LogP contribution in [0.15, 0.2) is 35.4 Å². The summed E-state index contributed by atoms with van der Waals surface area (Å²) in [5.41, 5.74) is 1.17. The number of carbonyl (C=O) groups is 1. The molecule has 4 rings (SSSR count). The molecule has 0 aliphatic carbocycles. The molecule has 3 aromatic rings. The zero-order valence-corrected chi connectivity index (χ0v) is 17.2. The van der Waals surface area contributed by atoms with Crippen molar-refractivity contribution in [3.8, 4) is 5.75 Å². The molecule has 2 aromatic heterocycles. The molecule has 0 radical (unpaired) electrons. The Kier molecular flexibility index (Phi) is 5.38. The summed E-state index contributed by atoms with van der Waals surface area (Å²) in [5, 5.41) is 10.7. The Morgan fingerprint density at radius 1 is 1.41 bits per heavy atom. The second-order valence-electron chi connectivity index (χ2n) is 7.35. The fourth-order valence-corrected chi connectivity index (χ4v) is 4.77. The van der Waals surface area contributed by atoms with Crippen LogP contribution in [0.25, 0.3) is 10.2 Å². The van der Waals surface area contributed by atoms with Gasteiger partial charge in [-0.25, -0.2) is 4.98 Å². The molecule has 7 nitrogen and oxygen atoms in total. The van der Waals surface area contributed by atoms with Crippen molar-refractivity contribution in [2.24, 2.45) is 7.05 Å². The molecule has 1 aliphatic rings. The van der Waals surface area contributed by atoms with Crippen LogP contribution in [0, 0.1) is 6.92 Å². The van der Waals surface area contributed by atoms with E-state index in [1.165, 1.54) is 22.2 Å². The molecule has 3 heterocycles. The van der Waals surface area contributed by atoms with Crippen LogP contribution in [0.1, 0.15) is 33.6 Å². The summed E-state index contributed by atoms with van der Waals surface area (Å²) in [4.78, 5) is 33.1. The Morgan fingerprint density at radius 3 is 2.93 bits per heavy atom. The van der Waals surface area contributed by atoms with Crippen molar-refractivity contribution in [1.82, 2.24) is 14.5 Å². The number of para-hydroxylation sites is 1. The summed E-state index contributed by atoms with van der Waals surface area (Å²) in [6, 6.07) is 7.01. The number of hydrogen-bond donors (Lipinski definition) is 1. The maximum absolute atomic E-state index is 13.5. The minimum absolute atomic E-state index is 0.0227. The van der Waals surface area contributed by atoms with Crippen LogP contribution in [0.3, 0.4) is 0 Å². The molecule has 1 atom stereocenters. The SMILES string of the molecule is Cc1c(C(=O)N(Cc2ccccc2O)CC2CCCO2)sc2ncn(C)c(=O)c12. The number of thiophene rings is 1. The number of nitrogens with zero attached hydrogens (tertiary/aromatic N) is 3. The molecule has 8 heteroatoms. The van der Waals surface area contributed by atoms with Crippen LogP contribution in [0.5, 0.6) is 5.75 Å². The maximum Gasteiger partial charge on any atom is 0.264 e. The van der Waals surface area contributed by atoms with Gasteiger partial charge in [-0.2, -0.15) is 0 Å². The molecule has 1 N–H and O–H groups in total. The average molecular weight is 413 g/mol. The van der Waals surface area contributed by atoms with E-state index in [1.807, 2.05) is 6.07 Å². The molecule has 1 aliphatic heterocycles. The van der Waals surface area contributed by atoms with Crippen molar-refractivity contribution < 1.29 is 14.6 Å². The van der Waals surface area contributed by atoms with E-state index in [2.05, 4.69) is 4.98 Å². The van der Waals surface area contributed by atoms with E-state index in [-0.39, 0.29) is 29.9 Å². The van der Waals surface area contributed by atoms with Crippen molar-refractivity contribution >= 4 is 27.5 Å². The van der Waals surface area contributed by atoms with E-state index >= 15 is 0 Å². The molecule has 1 amide bonds. The lowest BCUT2D eigenvalue weighted by atomic mass is 10.1. The first-order valence-corrected chi connectivity index (χ1v) is 10.4. The van der Waals surface area contributed by atoms with Crippen molar-refractivity contribution in [2.75, 3.05) is 13.2 Å². The third-order valence-corrected chi connectivity index (χ3v) is 6.48. The average Bonchev–Trinajstić information content (AvgIpc) is 3.33. The van der Waals surface area contributed by atoms with E-state index in [9.17, 15) is 14.7 Å². The molecule has 1 unspecified atom stereocenters. The van der Waals surface area contributed by atoms with Gasteiger partial charge in [-0.3, -0.25) is 9.59 Å². The topological polar surface area (TPSA) is 84.7 Å². The lowest BCUT2D eigenvalue weighted by Crippen LogP contribution is -2.37. The molecule has 0 spiro atoms. The third-order valence-electron chi connectivity index (χ3n) is 5.29. The molecule has 0 saturated carbocycles. The molecular weight excluding hydrogens is 390 g/mol. The van der Waals surface area contributed by atoms with Gasteiger partial charge in [-0.1, -0.05) is 18.2 Å². The number of aromatic hydroxyl groups is 1. The van der Waals surface area contributed by atoms with Gasteiger partial charge in [0.05, 0.1) is 22.7 Å². The Labute approximate surface area is 172 Å². The first-order chi connectivity index (χ1) is 14.0. The number of aromatic nitrogens is 2. The van der Waals surface area contributed by atoms with E-state index in [0.29, 0.717) is 39.4 Å². The largest absolute Gasteiger partial charge is 0.508 e. The number of fused-ring (bicyclic) bond motifs is 1. The number of rotatable bonds is 5. The molecule has 1 saturated heterocycles. The highest BCUT2D eigenvalue weighted by molar-refractivity contribution is 7.20. The number of phenolic OH excluding ortho intramolecular Hbond substituents is 1. The highest BCUT2D eigenvalue weighted by atomic mass is 32.1. The van der Waals surface area contributed by atoms with Crippen LogP contribution in [-0.4, -0.2) is 44.7 Å². The highest BCUT2D eigenvalue weighted by Gasteiger charge is 2.27. The summed E-state index contributed by atoms with van der Waals surface area (Å²) in [7, 11) is 1.65. The molecule has 1 aromatic carbocycles. The van der Waals surface area contributed by atoms with Crippen LogP contribution in [-0.2, 0) is 18.3 Å². The monoisotopic (exact) mass is 413 g/mol. The van der Waals surface area contributed by atoms with Crippen LogP contribution in [0.2, 0.25) is 0 Å². The molecular formula is C21H23N3O4S. The van der Waals surface area contributed by atoms with Gasteiger partial charge in [0.15, 0.2) is 0 Å². The second-order valence-corrected chi connectivity index (χ2v) is 8.35. The molecule has 29 heavy (non-hydrogen) atoms. The number of amides is 1. The van der Waals surface area contributed by atoms with Gasteiger partial charge in [0.25, 0.3) is 11.5 Å². The summed E-state index contributed by atoms with van der Waals surface area (Å²) < 4.78 is 7.16.